The summed E-state index contributed by atoms with van der Waals surface area (Å²) < 4.78 is 24.9. The van der Waals surface area contributed by atoms with Crippen molar-refractivity contribution >= 4 is 9.84 Å². The molecule has 0 radical (unpaired) electrons. The van der Waals surface area contributed by atoms with Crippen LogP contribution in [0.25, 0.3) is 0 Å². The van der Waals surface area contributed by atoms with Crippen LogP contribution in [0.5, 0.6) is 0 Å². The van der Waals surface area contributed by atoms with Gasteiger partial charge >= 0.3 is 0 Å². The number of hydrogen-bond acceptors (Lipinski definition) is 5. The second kappa shape index (κ2) is 10.6. The zero-order valence-electron chi connectivity index (χ0n) is 18.8. The first-order chi connectivity index (χ1) is 14.5. The average molecular weight is 441 g/mol. The molecule has 4 fully saturated rings. The van der Waals surface area contributed by atoms with Crippen molar-refractivity contribution in [1.82, 2.24) is 10.2 Å². The quantitative estimate of drug-likeness (QED) is 0.562. The molecule has 174 valence electrons. The minimum atomic E-state index is -3.03. The van der Waals surface area contributed by atoms with Gasteiger partial charge in [0, 0.05) is 19.6 Å². The van der Waals surface area contributed by atoms with Crippen LogP contribution in [0.4, 0.5) is 0 Å². The molecule has 5 nitrogen and oxygen atoms in total. The lowest BCUT2D eigenvalue weighted by Crippen LogP contribution is -2.46. The minimum absolute atomic E-state index is 0.143. The van der Waals surface area contributed by atoms with Crippen molar-refractivity contribution in [3.8, 4) is 0 Å². The lowest BCUT2D eigenvalue weighted by atomic mass is 9.62. The van der Waals surface area contributed by atoms with E-state index < -0.39 is 16.2 Å². The fourth-order valence-electron chi connectivity index (χ4n) is 7.23. The van der Waals surface area contributed by atoms with Gasteiger partial charge in [-0.15, -0.1) is 0 Å². The van der Waals surface area contributed by atoms with Crippen molar-refractivity contribution in [1.29, 1.82) is 0 Å². The highest BCUT2D eigenvalue weighted by molar-refractivity contribution is 7.91. The second-order valence-corrected chi connectivity index (χ2v) is 13.0. The van der Waals surface area contributed by atoms with Gasteiger partial charge in [0.2, 0.25) is 0 Å². The van der Waals surface area contributed by atoms with Gasteiger partial charge in [0.1, 0.15) is 0 Å². The summed E-state index contributed by atoms with van der Waals surface area (Å²) in [5.41, 5.74) is 0. The summed E-state index contributed by atoms with van der Waals surface area (Å²) in [6, 6.07) is 0. The molecule has 0 bridgehead atoms. The second-order valence-electron chi connectivity index (χ2n) is 10.8. The molecule has 1 heterocycles. The Balaban J connectivity index is 1.19. The van der Waals surface area contributed by atoms with E-state index in [1.807, 2.05) is 0 Å². The normalized spacial score (nSPS) is 35.2. The Bertz CT molecular complexity index is 632. The summed E-state index contributed by atoms with van der Waals surface area (Å²) >= 11 is 0. The molecule has 6 heteroatoms. The van der Waals surface area contributed by atoms with Gasteiger partial charge in [-0.25, -0.2) is 8.42 Å². The van der Waals surface area contributed by atoms with E-state index in [0.29, 0.717) is 24.1 Å². The van der Waals surface area contributed by atoms with Gasteiger partial charge in [-0.1, -0.05) is 51.4 Å². The van der Waals surface area contributed by atoms with E-state index in [-0.39, 0.29) is 5.75 Å². The summed E-state index contributed by atoms with van der Waals surface area (Å²) in [4.78, 5) is 2.14. The summed E-state index contributed by atoms with van der Waals surface area (Å²) in [6.45, 7) is 2.25. The molecular formula is C24H44N2O3S. The number of nitrogens with one attached hydrogen (secondary N) is 1. The van der Waals surface area contributed by atoms with Gasteiger partial charge in [-0.3, -0.25) is 10.2 Å². The van der Waals surface area contributed by atoms with Crippen molar-refractivity contribution in [2.45, 2.75) is 89.8 Å². The number of likely N-dealkylation sites (tertiary alicyclic amines) is 1. The van der Waals surface area contributed by atoms with Gasteiger partial charge in [0.05, 0.1) is 11.5 Å². The van der Waals surface area contributed by atoms with E-state index in [0.717, 1.165) is 43.7 Å². The molecule has 0 spiro atoms. The predicted octanol–water partition coefficient (Wildman–Crippen LogP) is 3.78. The Morgan fingerprint density at radius 1 is 0.833 bits per heavy atom. The zero-order chi connectivity index (χ0) is 21.0. The molecule has 5 atom stereocenters. The lowest BCUT2D eigenvalue weighted by Gasteiger charge is -2.44. The third-order valence-electron chi connectivity index (χ3n) is 8.79. The zero-order valence-corrected chi connectivity index (χ0v) is 19.6. The van der Waals surface area contributed by atoms with Crippen molar-refractivity contribution in [2.24, 2.45) is 29.6 Å². The molecule has 3 aliphatic carbocycles. The predicted molar refractivity (Wildman–Crippen MR) is 122 cm³/mol. The molecule has 0 aromatic heterocycles. The van der Waals surface area contributed by atoms with Crippen molar-refractivity contribution in [2.75, 3.05) is 31.1 Å². The standard InChI is InChI=1S/C24H44N2O3S/c27-24(25-14-16-30(28,29)18-19-7-2-1-3-8-19)26-15-13-21(17-26)23-12-6-10-20-9-4-5-11-22(20)23/h19-25,27H,1-18H2. The molecule has 1 aliphatic heterocycles. The van der Waals surface area contributed by atoms with Crippen LogP contribution < -0.4 is 5.32 Å². The van der Waals surface area contributed by atoms with Crippen LogP contribution in [0, 0.1) is 29.6 Å². The number of aliphatic hydroxyl groups is 1. The molecule has 0 aromatic carbocycles. The third kappa shape index (κ3) is 5.99. The van der Waals surface area contributed by atoms with Gasteiger partial charge < -0.3 is 5.11 Å². The molecule has 5 unspecified atom stereocenters. The first kappa shape index (κ1) is 23.0. The number of nitrogens with zero attached hydrogens (tertiary/aromatic N) is 1. The molecule has 2 N–H and O–H groups in total. The molecule has 0 amide bonds. The lowest BCUT2D eigenvalue weighted by molar-refractivity contribution is -0.0138. The first-order valence-electron chi connectivity index (χ1n) is 12.9. The van der Waals surface area contributed by atoms with Crippen LogP contribution in [0.1, 0.15) is 83.5 Å². The first-order valence-corrected chi connectivity index (χ1v) is 14.7. The maximum atomic E-state index is 12.5. The van der Waals surface area contributed by atoms with E-state index in [2.05, 4.69) is 10.2 Å². The Morgan fingerprint density at radius 3 is 2.33 bits per heavy atom. The molecule has 1 saturated heterocycles. The van der Waals surface area contributed by atoms with Crippen molar-refractivity contribution in [3.63, 3.8) is 0 Å². The highest BCUT2D eigenvalue weighted by Gasteiger charge is 2.41. The Morgan fingerprint density at radius 2 is 1.50 bits per heavy atom. The molecule has 4 rings (SSSR count). The van der Waals surface area contributed by atoms with Crippen LogP contribution >= 0.6 is 0 Å². The van der Waals surface area contributed by atoms with Gasteiger partial charge in [-0.05, 0) is 61.7 Å². The van der Waals surface area contributed by atoms with Gasteiger partial charge in [-0.2, -0.15) is 0 Å². The summed E-state index contributed by atoms with van der Waals surface area (Å²) in [6.07, 6.45) is 16.1. The number of fused-ring (bicyclic) bond motifs is 1. The van der Waals surface area contributed by atoms with Crippen LogP contribution in [0.15, 0.2) is 0 Å². The largest absolute Gasteiger partial charge is 0.365 e. The third-order valence-corrected chi connectivity index (χ3v) is 10.6. The van der Waals surface area contributed by atoms with E-state index in [1.54, 1.807) is 0 Å². The Hall–Kier alpha value is -0.170. The van der Waals surface area contributed by atoms with Gasteiger partial charge in [0.25, 0.3) is 0 Å². The minimum Gasteiger partial charge on any atom is -0.365 e. The van der Waals surface area contributed by atoms with Crippen LogP contribution in [-0.2, 0) is 9.84 Å². The van der Waals surface area contributed by atoms with Crippen molar-refractivity contribution in [3.05, 3.63) is 0 Å². The van der Waals surface area contributed by atoms with Crippen molar-refractivity contribution < 1.29 is 13.5 Å². The number of hydrogen-bond donors (Lipinski definition) is 2. The average Bonchev–Trinajstić information content (AvgIpc) is 3.24. The topological polar surface area (TPSA) is 69.6 Å². The Labute approximate surface area is 184 Å². The highest BCUT2D eigenvalue weighted by Crippen LogP contribution is 2.48. The van der Waals surface area contributed by atoms with E-state index in [9.17, 15) is 13.5 Å². The fourth-order valence-corrected chi connectivity index (χ4v) is 8.88. The number of sulfone groups is 1. The SMILES string of the molecule is O=S(=O)(CCNC(O)N1CCC(C2CCCC3CCCCC32)C1)CC1CCCCC1. The smallest absolute Gasteiger partial charge is 0.163 e. The maximum absolute atomic E-state index is 12.5. The summed E-state index contributed by atoms with van der Waals surface area (Å²) in [5.74, 6) is 4.27. The van der Waals surface area contributed by atoms with E-state index in [4.69, 9.17) is 0 Å². The monoisotopic (exact) mass is 440 g/mol. The Kier molecular flexibility index (Phi) is 8.15. The maximum Gasteiger partial charge on any atom is 0.163 e. The molecule has 4 aliphatic rings. The van der Waals surface area contributed by atoms with Crippen LogP contribution in [-0.4, -0.2) is 55.9 Å². The number of rotatable bonds is 8. The van der Waals surface area contributed by atoms with Gasteiger partial charge in [0.15, 0.2) is 16.2 Å². The summed E-state index contributed by atoms with van der Waals surface area (Å²) in [5, 5.41) is 13.7. The molecule has 30 heavy (non-hydrogen) atoms. The van der Waals surface area contributed by atoms with Crippen LogP contribution in [0.3, 0.4) is 0 Å². The summed E-state index contributed by atoms with van der Waals surface area (Å²) in [7, 11) is -3.03. The fraction of sp³-hybridized carbons (Fsp3) is 1.00. The van der Waals surface area contributed by atoms with E-state index in [1.165, 1.54) is 70.6 Å². The molecular weight excluding hydrogens is 396 g/mol. The number of aliphatic hydroxyl groups excluding tert-OH is 1. The highest BCUT2D eigenvalue weighted by atomic mass is 32.2. The van der Waals surface area contributed by atoms with E-state index >= 15 is 0 Å². The molecule has 3 saturated carbocycles. The van der Waals surface area contributed by atoms with Crippen LogP contribution in [0.2, 0.25) is 0 Å². The molecule has 0 aromatic rings.